The number of aromatic nitrogens is 1. The van der Waals surface area contributed by atoms with Crippen LogP contribution in [0.5, 0.6) is 0 Å². The second-order valence-electron chi connectivity index (χ2n) is 9.16. The normalized spacial score (nSPS) is 26.8. The maximum absolute atomic E-state index is 12.8. The molecule has 0 aromatic carbocycles. The number of likely N-dealkylation sites (tertiary alicyclic amines) is 1. The number of carbonyl (C=O) groups is 1. The van der Waals surface area contributed by atoms with Gasteiger partial charge in [0.2, 0.25) is 0 Å². The Kier molecular flexibility index (Phi) is 5.77. The van der Waals surface area contributed by atoms with Crippen molar-refractivity contribution in [3.8, 4) is 0 Å². The maximum atomic E-state index is 12.8. The number of alkyl halides is 3. The van der Waals surface area contributed by atoms with Crippen LogP contribution in [-0.2, 0) is 17.5 Å². The Morgan fingerprint density at radius 2 is 2.00 bits per heavy atom. The number of aliphatic imine (C=N–C) groups is 1. The molecule has 2 amide bonds. The fraction of sp³-hybridized carbons (Fsp3) is 0.591. The molecule has 1 aromatic rings. The fourth-order valence-corrected chi connectivity index (χ4v) is 4.96. The first kappa shape index (κ1) is 22.1. The van der Waals surface area contributed by atoms with E-state index in [1.165, 1.54) is 6.07 Å². The number of hydrogen-bond acceptors (Lipinski definition) is 6. The number of pyridine rings is 1. The van der Waals surface area contributed by atoms with Gasteiger partial charge in [-0.15, -0.1) is 0 Å². The van der Waals surface area contributed by atoms with Gasteiger partial charge in [-0.3, -0.25) is 20.1 Å². The molecule has 4 aliphatic heterocycles. The van der Waals surface area contributed by atoms with Gasteiger partial charge >= 0.3 is 12.2 Å². The first-order valence-electron chi connectivity index (χ1n) is 11.2. The molecule has 5 rings (SSSR count). The highest BCUT2D eigenvalue weighted by atomic mass is 19.4. The van der Waals surface area contributed by atoms with Crippen molar-refractivity contribution >= 4 is 11.9 Å². The largest absolute Gasteiger partial charge is 0.417 e. The average Bonchev–Trinajstić information content (AvgIpc) is 3.38. The Hall–Kier alpha value is -2.66. The molecule has 1 N–H and O–H groups in total. The van der Waals surface area contributed by atoms with E-state index >= 15 is 0 Å². The van der Waals surface area contributed by atoms with Crippen molar-refractivity contribution < 1.29 is 22.7 Å². The van der Waals surface area contributed by atoms with Crippen molar-refractivity contribution in [2.24, 2.45) is 16.8 Å². The number of amidine groups is 1. The SMILES string of the molecule is CC1CN(Cc2ccc(C(F)(F)F)cn2)CC1C1=NC2=CN(C3CCOCC3)CN2C(=O)N1. The zero-order chi connectivity index (χ0) is 23.2. The van der Waals surface area contributed by atoms with E-state index in [9.17, 15) is 18.0 Å². The van der Waals surface area contributed by atoms with Crippen molar-refractivity contribution in [2.75, 3.05) is 33.0 Å². The molecule has 178 valence electrons. The molecule has 5 heterocycles. The number of amides is 2. The number of rotatable bonds is 4. The van der Waals surface area contributed by atoms with E-state index in [-0.39, 0.29) is 17.9 Å². The van der Waals surface area contributed by atoms with Crippen LogP contribution in [0.3, 0.4) is 0 Å². The third-order valence-electron chi connectivity index (χ3n) is 6.81. The standard InChI is InChI=1S/C22H27F3N6O2/c1-14-9-29(10-16-3-2-15(8-26-16)22(23,24)25)11-18(14)20-27-19-12-30(13-31(19)21(32)28-20)17-4-6-33-7-5-17/h2-3,8,12,14,17-18H,4-7,9-11,13H2,1H3,(H,27,28,32). The minimum atomic E-state index is -4.39. The van der Waals surface area contributed by atoms with Gasteiger partial charge in [0.15, 0.2) is 5.82 Å². The highest BCUT2D eigenvalue weighted by Crippen LogP contribution is 2.31. The summed E-state index contributed by atoms with van der Waals surface area (Å²) in [4.78, 5) is 27.5. The molecular formula is C22H27F3N6O2. The molecule has 2 fully saturated rings. The van der Waals surface area contributed by atoms with E-state index < -0.39 is 11.7 Å². The van der Waals surface area contributed by atoms with Crippen LogP contribution in [0.1, 0.15) is 31.0 Å². The van der Waals surface area contributed by atoms with Crippen molar-refractivity contribution in [1.29, 1.82) is 0 Å². The van der Waals surface area contributed by atoms with Crippen LogP contribution in [0.2, 0.25) is 0 Å². The van der Waals surface area contributed by atoms with Gasteiger partial charge < -0.3 is 9.64 Å². The Morgan fingerprint density at radius 1 is 1.21 bits per heavy atom. The fourth-order valence-electron chi connectivity index (χ4n) is 4.96. The van der Waals surface area contributed by atoms with Gasteiger partial charge in [0.25, 0.3) is 0 Å². The van der Waals surface area contributed by atoms with Gasteiger partial charge in [-0.1, -0.05) is 6.92 Å². The molecule has 2 atom stereocenters. The Bertz CT molecular complexity index is 958. The first-order chi connectivity index (χ1) is 15.8. The topological polar surface area (TPSA) is 73.3 Å². The zero-order valence-electron chi connectivity index (χ0n) is 18.4. The molecule has 11 heteroatoms. The van der Waals surface area contributed by atoms with E-state index in [1.807, 2.05) is 6.20 Å². The summed E-state index contributed by atoms with van der Waals surface area (Å²) in [5.74, 6) is 1.59. The molecule has 0 bridgehead atoms. The lowest BCUT2D eigenvalue weighted by atomic mass is 9.96. The molecule has 4 aliphatic rings. The van der Waals surface area contributed by atoms with E-state index in [0.29, 0.717) is 43.2 Å². The van der Waals surface area contributed by atoms with Gasteiger partial charge in [0.05, 0.1) is 11.3 Å². The van der Waals surface area contributed by atoms with Crippen LogP contribution in [0.4, 0.5) is 18.0 Å². The number of nitrogens with one attached hydrogen (secondary N) is 1. The predicted octanol–water partition coefficient (Wildman–Crippen LogP) is 2.84. The van der Waals surface area contributed by atoms with E-state index in [0.717, 1.165) is 44.9 Å². The molecule has 0 radical (unpaired) electrons. The van der Waals surface area contributed by atoms with Gasteiger partial charge in [0, 0.05) is 57.2 Å². The minimum absolute atomic E-state index is 0.0311. The first-order valence-corrected chi connectivity index (χ1v) is 11.2. The summed E-state index contributed by atoms with van der Waals surface area (Å²) in [6.45, 7) is 5.91. The number of fused-ring (bicyclic) bond motifs is 1. The summed E-state index contributed by atoms with van der Waals surface area (Å²) in [5.41, 5.74) is -0.162. The van der Waals surface area contributed by atoms with Crippen molar-refractivity contribution in [3.63, 3.8) is 0 Å². The highest BCUT2D eigenvalue weighted by Gasteiger charge is 2.40. The highest BCUT2D eigenvalue weighted by molar-refractivity contribution is 6.02. The zero-order valence-corrected chi connectivity index (χ0v) is 18.4. The molecular weight excluding hydrogens is 437 g/mol. The number of ether oxygens (including phenoxy) is 1. The molecule has 2 unspecified atom stereocenters. The number of urea groups is 1. The van der Waals surface area contributed by atoms with Crippen molar-refractivity contribution in [2.45, 2.75) is 38.5 Å². The summed E-state index contributed by atoms with van der Waals surface area (Å²) < 4.78 is 43.8. The van der Waals surface area contributed by atoms with Gasteiger partial charge in [0.1, 0.15) is 12.5 Å². The molecule has 8 nitrogen and oxygen atoms in total. The number of hydrogen-bond donors (Lipinski definition) is 1. The summed E-state index contributed by atoms with van der Waals surface area (Å²) in [6, 6.07) is 2.67. The monoisotopic (exact) mass is 464 g/mol. The quantitative estimate of drug-likeness (QED) is 0.742. The summed E-state index contributed by atoms with van der Waals surface area (Å²) in [7, 11) is 0. The van der Waals surface area contributed by atoms with Gasteiger partial charge in [-0.05, 0) is 30.9 Å². The molecule has 0 aliphatic carbocycles. The average molecular weight is 464 g/mol. The maximum Gasteiger partial charge on any atom is 0.417 e. The molecule has 0 spiro atoms. The van der Waals surface area contributed by atoms with Crippen LogP contribution in [0.25, 0.3) is 0 Å². The van der Waals surface area contributed by atoms with Crippen LogP contribution >= 0.6 is 0 Å². The van der Waals surface area contributed by atoms with E-state index in [1.54, 1.807) is 4.90 Å². The van der Waals surface area contributed by atoms with Crippen LogP contribution in [0.15, 0.2) is 35.3 Å². The van der Waals surface area contributed by atoms with Crippen LogP contribution < -0.4 is 5.32 Å². The lowest BCUT2D eigenvalue weighted by molar-refractivity contribution is -0.137. The lowest BCUT2D eigenvalue weighted by Gasteiger charge is -2.32. The summed E-state index contributed by atoms with van der Waals surface area (Å²) in [5, 5.41) is 2.97. The van der Waals surface area contributed by atoms with E-state index in [2.05, 4.69) is 27.0 Å². The Morgan fingerprint density at radius 3 is 2.70 bits per heavy atom. The van der Waals surface area contributed by atoms with Crippen molar-refractivity contribution in [1.82, 2.24) is 25.0 Å². The molecule has 2 saturated heterocycles. The number of halogens is 3. The Balaban J connectivity index is 1.26. The predicted molar refractivity (Wildman–Crippen MR) is 114 cm³/mol. The number of carbonyl (C=O) groups excluding carboxylic acids is 1. The number of nitrogens with zero attached hydrogens (tertiary/aromatic N) is 5. The molecule has 1 aromatic heterocycles. The molecule has 33 heavy (non-hydrogen) atoms. The minimum Gasteiger partial charge on any atom is -0.381 e. The van der Waals surface area contributed by atoms with Crippen LogP contribution in [0, 0.1) is 11.8 Å². The van der Waals surface area contributed by atoms with Gasteiger partial charge in [-0.25, -0.2) is 9.79 Å². The summed E-state index contributed by atoms with van der Waals surface area (Å²) in [6.07, 6.45) is 0.325. The summed E-state index contributed by atoms with van der Waals surface area (Å²) >= 11 is 0. The lowest BCUT2D eigenvalue weighted by Crippen LogP contribution is -2.50. The Labute approximate surface area is 190 Å². The smallest absolute Gasteiger partial charge is 0.381 e. The third-order valence-corrected chi connectivity index (χ3v) is 6.81. The van der Waals surface area contributed by atoms with Crippen molar-refractivity contribution in [3.05, 3.63) is 41.6 Å². The third kappa shape index (κ3) is 4.56. The van der Waals surface area contributed by atoms with E-state index in [4.69, 9.17) is 9.73 Å². The molecule has 0 saturated carbocycles. The second kappa shape index (κ2) is 8.60. The second-order valence-corrected chi connectivity index (χ2v) is 9.16. The van der Waals surface area contributed by atoms with Crippen LogP contribution in [-0.4, -0.2) is 70.6 Å². The van der Waals surface area contributed by atoms with Gasteiger partial charge in [-0.2, -0.15) is 13.2 Å².